The maximum absolute atomic E-state index is 11.8. The third-order valence-electron chi connectivity index (χ3n) is 2.29. The molecule has 0 aromatic carbocycles. The number of nitrogens with zero attached hydrogens (tertiary/aromatic N) is 2. The van der Waals surface area contributed by atoms with E-state index in [2.05, 4.69) is 5.32 Å². The monoisotopic (exact) mass is 337 g/mol. The molecule has 0 saturated heterocycles. The summed E-state index contributed by atoms with van der Waals surface area (Å²) in [5.74, 6) is 0. The minimum absolute atomic E-state index is 0. The molecule has 0 aliphatic carbocycles. The lowest BCUT2D eigenvalue weighted by molar-refractivity contribution is -0.573. The van der Waals surface area contributed by atoms with Crippen LogP contribution in [0.2, 0.25) is 0 Å². The number of aryl methyl sites for hydroxylation is 1. The third-order valence-corrected chi connectivity index (χ3v) is 3.42. The Labute approximate surface area is 123 Å². The molecule has 18 heavy (non-hydrogen) atoms. The lowest BCUT2D eigenvalue weighted by Crippen LogP contribution is -3.00. The van der Waals surface area contributed by atoms with Gasteiger partial charge in [0.1, 0.15) is 12.4 Å². The summed E-state index contributed by atoms with van der Waals surface area (Å²) in [5, 5.41) is 4.03. The average Bonchev–Trinajstić information content (AvgIpc) is 2.52. The maximum atomic E-state index is 11.8. The number of hydrogen-bond acceptors (Lipinski definition) is 5. The second-order valence-electron chi connectivity index (χ2n) is 4.00. The van der Waals surface area contributed by atoms with Crippen molar-refractivity contribution in [3.8, 4) is 0 Å². The second-order valence-corrected chi connectivity index (χ2v) is 5.20. The fraction of sp³-hybridized carbons (Fsp3) is 0.636. The van der Waals surface area contributed by atoms with Crippen LogP contribution in [0, 0.1) is 13.8 Å². The Bertz CT molecular complexity index is 407. The number of nitrogens with one attached hydrogen (secondary N) is 1. The molecule has 0 atom stereocenters. The van der Waals surface area contributed by atoms with Gasteiger partial charge in [0.15, 0.2) is 0 Å². The van der Waals surface area contributed by atoms with E-state index >= 15 is 0 Å². The first kappa shape index (κ1) is 17.3. The van der Waals surface area contributed by atoms with Crippen molar-refractivity contribution in [3.63, 3.8) is 0 Å². The van der Waals surface area contributed by atoms with Crippen LogP contribution in [0.1, 0.15) is 17.5 Å². The third kappa shape index (κ3) is 4.22. The van der Waals surface area contributed by atoms with Crippen LogP contribution in [0.15, 0.2) is 0 Å². The Kier molecular flexibility index (Phi) is 7.42. The van der Waals surface area contributed by atoms with Crippen LogP contribution < -0.4 is 26.9 Å². The number of carbonyl (C=O) groups is 1. The number of rotatable bonds is 4. The first-order valence-corrected chi connectivity index (χ1v) is 6.36. The van der Waals surface area contributed by atoms with Gasteiger partial charge in [0, 0.05) is 0 Å². The van der Waals surface area contributed by atoms with Gasteiger partial charge >= 0.3 is 11.2 Å². The zero-order valence-electron chi connectivity index (χ0n) is 11.4. The van der Waals surface area contributed by atoms with E-state index in [4.69, 9.17) is 4.74 Å². The quantitative estimate of drug-likeness (QED) is 0.542. The summed E-state index contributed by atoms with van der Waals surface area (Å²) < 4.78 is 6.64. The molecule has 7 heteroatoms. The van der Waals surface area contributed by atoms with Crippen molar-refractivity contribution < 1.29 is 31.1 Å². The van der Waals surface area contributed by atoms with Crippen LogP contribution in [0.3, 0.4) is 0 Å². The Hall–Kier alpha value is -0.660. The lowest BCUT2D eigenvalue weighted by atomic mass is 10.4. The van der Waals surface area contributed by atoms with Crippen LogP contribution >= 0.6 is 11.3 Å². The number of thiazole rings is 1. The largest absolute Gasteiger partial charge is 1.00 e. The van der Waals surface area contributed by atoms with Crippen molar-refractivity contribution in [1.29, 1.82) is 0 Å². The summed E-state index contributed by atoms with van der Waals surface area (Å²) in [4.78, 5) is 14.9. The summed E-state index contributed by atoms with van der Waals surface area (Å²) in [6.45, 7) is 6.78. The first-order valence-electron chi connectivity index (χ1n) is 5.55. The molecular formula is C11H20BrN3O2S. The molecule has 0 spiro atoms. The normalized spacial score (nSPS) is 10.1. The van der Waals surface area contributed by atoms with Gasteiger partial charge in [0.2, 0.25) is 0 Å². The van der Waals surface area contributed by atoms with Gasteiger partial charge in [-0.15, -0.1) is 4.57 Å². The molecule has 0 saturated carbocycles. The number of hydrogen-bond donors (Lipinski definition) is 1. The van der Waals surface area contributed by atoms with E-state index in [0.29, 0.717) is 13.3 Å². The minimum atomic E-state index is -0.324. The van der Waals surface area contributed by atoms with E-state index in [1.165, 1.54) is 0 Å². The molecule has 0 radical (unpaired) electrons. The van der Waals surface area contributed by atoms with Crippen molar-refractivity contribution in [2.75, 3.05) is 32.7 Å². The van der Waals surface area contributed by atoms with Crippen molar-refractivity contribution in [2.45, 2.75) is 20.8 Å². The molecule has 0 aliphatic rings. The summed E-state index contributed by atoms with van der Waals surface area (Å²) in [7, 11) is 3.93. The summed E-state index contributed by atoms with van der Waals surface area (Å²) in [5.41, 5.74) is 0.926. The van der Waals surface area contributed by atoms with Gasteiger partial charge in [-0.3, -0.25) is 10.2 Å². The fourth-order valence-electron chi connectivity index (χ4n) is 1.32. The van der Waals surface area contributed by atoms with E-state index in [1.807, 2.05) is 32.8 Å². The number of carbonyl (C=O) groups excluding carboxylic acids is 1. The SMILES string of the molecule is CCOC(=O)[n+]1c(NCN(C)C)sc(C)c1C.[Br-]. The molecule has 0 aliphatic heterocycles. The highest BCUT2D eigenvalue weighted by molar-refractivity contribution is 7.15. The summed E-state index contributed by atoms with van der Waals surface area (Å²) in [6.07, 6.45) is -0.324. The molecule has 0 amide bonds. The van der Waals surface area contributed by atoms with Crippen molar-refractivity contribution >= 4 is 22.6 Å². The first-order chi connectivity index (χ1) is 7.97. The van der Waals surface area contributed by atoms with Crippen LogP contribution in [0.5, 0.6) is 0 Å². The average molecular weight is 338 g/mol. The smallest absolute Gasteiger partial charge is 0.512 e. The molecule has 5 nitrogen and oxygen atoms in total. The van der Waals surface area contributed by atoms with E-state index < -0.39 is 0 Å². The molecule has 1 aromatic heterocycles. The van der Waals surface area contributed by atoms with Gasteiger partial charge in [-0.2, -0.15) is 4.79 Å². The highest BCUT2D eigenvalue weighted by Gasteiger charge is 2.26. The van der Waals surface area contributed by atoms with E-state index in [1.54, 1.807) is 22.8 Å². The van der Waals surface area contributed by atoms with Crippen molar-refractivity contribution in [3.05, 3.63) is 10.6 Å². The van der Waals surface area contributed by atoms with Crippen molar-refractivity contribution in [1.82, 2.24) is 4.90 Å². The zero-order chi connectivity index (χ0) is 13.0. The van der Waals surface area contributed by atoms with Crippen molar-refractivity contribution in [2.24, 2.45) is 0 Å². The molecule has 1 aromatic rings. The lowest BCUT2D eigenvalue weighted by Gasteiger charge is -2.06. The van der Waals surface area contributed by atoms with Crippen LogP contribution in [0.4, 0.5) is 9.93 Å². The molecule has 1 heterocycles. The molecule has 1 N–H and O–H groups in total. The Morgan fingerprint density at radius 3 is 2.56 bits per heavy atom. The zero-order valence-corrected chi connectivity index (χ0v) is 13.8. The molecule has 104 valence electrons. The second kappa shape index (κ2) is 7.70. The highest BCUT2D eigenvalue weighted by Crippen LogP contribution is 2.19. The minimum Gasteiger partial charge on any atom is -1.00 e. The standard InChI is InChI=1S/C11H19N3O2S.BrH/c1-6-16-11(15)14-8(2)9(3)17-10(14)12-7-13(4)5;/h6-7H2,1-5H3;1H. The Morgan fingerprint density at radius 2 is 2.06 bits per heavy atom. The molecular weight excluding hydrogens is 318 g/mol. The predicted molar refractivity (Wildman–Crippen MR) is 68.6 cm³/mol. The topological polar surface area (TPSA) is 45.5 Å². The number of aromatic nitrogens is 1. The summed E-state index contributed by atoms with van der Waals surface area (Å²) >= 11 is 1.56. The number of anilines is 1. The predicted octanol–water partition coefficient (Wildman–Crippen LogP) is -1.41. The van der Waals surface area contributed by atoms with Gasteiger partial charge in [0.25, 0.3) is 0 Å². The van der Waals surface area contributed by atoms with Crippen LogP contribution in [-0.4, -0.2) is 38.4 Å². The maximum Gasteiger partial charge on any atom is 0.512 e. The molecule has 0 bridgehead atoms. The molecule has 1 rings (SSSR count). The number of halogens is 1. The Balaban J connectivity index is 0.00000289. The van der Waals surface area contributed by atoms with E-state index in [0.717, 1.165) is 15.7 Å². The van der Waals surface area contributed by atoms with Gasteiger partial charge < -0.3 is 21.7 Å². The fourth-order valence-corrected chi connectivity index (χ4v) is 2.29. The van der Waals surface area contributed by atoms with Gasteiger partial charge in [-0.05, 0) is 34.9 Å². The molecule has 0 fully saturated rings. The van der Waals surface area contributed by atoms with Gasteiger partial charge in [0.05, 0.1) is 11.5 Å². The van der Waals surface area contributed by atoms with E-state index in [-0.39, 0.29) is 23.1 Å². The summed E-state index contributed by atoms with van der Waals surface area (Å²) in [6, 6.07) is 0. The van der Waals surface area contributed by atoms with Gasteiger partial charge in [-0.25, -0.2) is 0 Å². The van der Waals surface area contributed by atoms with E-state index in [9.17, 15) is 4.79 Å². The highest BCUT2D eigenvalue weighted by atomic mass is 79.9. The molecule has 0 unspecified atom stereocenters. The van der Waals surface area contributed by atoms with Crippen LogP contribution in [-0.2, 0) is 4.74 Å². The van der Waals surface area contributed by atoms with Crippen LogP contribution in [0.25, 0.3) is 0 Å². The Morgan fingerprint density at radius 1 is 1.44 bits per heavy atom. The van der Waals surface area contributed by atoms with Gasteiger partial charge in [-0.1, -0.05) is 11.3 Å². The number of ether oxygens (including phenoxy) is 1.